The number of carbonyl (C=O) groups excluding carboxylic acids is 2. The molecule has 2 amide bonds. The molecule has 0 unspecified atom stereocenters. The number of nitrogens with zero attached hydrogens (tertiary/aromatic N) is 10. The smallest absolute Gasteiger partial charge is 0.387 e. The van der Waals surface area contributed by atoms with Crippen molar-refractivity contribution in [3.8, 4) is 33.3 Å². The van der Waals surface area contributed by atoms with Gasteiger partial charge in [-0.15, -0.1) is 32.3 Å². The van der Waals surface area contributed by atoms with Crippen LogP contribution in [0.5, 0.6) is 23.3 Å². The first-order chi connectivity index (χ1) is 28.2. The van der Waals surface area contributed by atoms with Crippen molar-refractivity contribution in [1.82, 2.24) is 49.8 Å². The molecule has 4 atom stereocenters. The largest absolute Gasteiger partial charge is 0.497 e. The Labute approximate surface area is 339 Å². The van der Waals surface area contributed by atoms with E-state index in [0.29, 0.717) is 47.3 Å². The van der Waals surface area contributed by atoms with Crippen molar-refractivity contribution in [2.24, 2.45) is 0 Å². The van der Waals surface area contributed by atoms with E-state index < -0.39 is 6.61 Å². The Morgan fingerprint density at radius 2 is 1.12 bits per heavy atom. The number of rotatable bonds is 11. The average Bonchev–Trinajstić information content (AvgIpc) is 4.07. The zero-order valence-electron chi connectivity index (χ0n) is 31.7. The lowest BCUT2D eigenvalue weighted by atomic mass is 10.0. The van der Waals surface area contributed by atoms with Crippen LogP contribution in [0.25, 0.3) is 10.0 Å². The van der Waals surface area contributed by atoms with E-state index in [1.54, 1.807) is 61.2 Å². The molecule has 0 aliphatic carbocycles. The second-order valence-corrected chi connectivity index (χ2v) is 15.2. The number of hydrogen-bond acceptors (Lipinski definition) is 14. The van der Waals surface area contributed by atoms with E-state index >= 15 is 0 Å². The number of piperidine rings is 2. The summed E-state index contributed by atoms with van der Waals surface area (Å²) < 4.78 is 46.4. The molecule has 2 saturated heterocycles. The summed E-state index contributed by atoms with van der Waals surface area (Å²) >= 11 is 2.83. The maximum Gasteiger partial charge on any atom is 0.387 e. The molecule has 16 nitrogen and oxygen atoms in total. The van der Waals surface area contributed by atoms with E-state index in [-0.39, 0.29) is 47.7 Å². The highest BCUT2D eigenvalue weighted by Crippen LogP contribution is 2.30. The Balaban J connectivity index is 0.000000177. The molecular formula is C38H40F2N10O6S2. The van der Waals surface area contributed by atoms with Crippen molar-refractivity contribution >= 4 is 34.5 Å². The first-order valence-corrected chi connectivity index (χ1v) is 20.2. The molecule has 0 bridgehead atoms. The number of alkyl halides is 2. The molecule has 58 heavy (non-hydrogen) atoms. The van der Waals surface area contributed by atoms with Gasteiger partial charge in [0, 0.05) is 36.6 Å². The number of aromatic nitrogens is 8. The number of pyridine rings is 2. The molecular weight excluding hydrogens is 795 g/mol. The third-order valence-corrected chi connectivity index (χ3v) is 11.4. The second kappa shape index (κ2) is 18.5. The van der Waals surface area contributed by atoms with Crippen molar-refractivity contribution in [3.63, 3.8) is 0 Å². The van der Waals surface area contributed by atoms with Gasteiger partial charge in [-0.05, 0) is 74.6 Å². The molecule has 6 aromatic heterocycles. The van der Waals surface area contributed by atoms with Crippen molar-refractivity contribution in [3.05, 3.63) is 95.5 Å². The molecule has 20 heteroatoms. The minimum absolute atomic E-state index is 0.0251. The molecule has 0 N–H and O–H groups in total. The number of amides is 2. The number of ether oxygens (including phenoxy) is 4. The summed E-state index contributed by atoms with van der Waals surface area (Å²) in [5, 5.41) is 21.6. The van der Waals surface area contributed by atoms with Crippen LogP contribution in [0.4, 0.5) is 8.78 Å². The lowest BCUT2D eigenvalue weighted by molar-refractivity contribution is -0.0501. The molecule has 6 aromatic rings. The van der Waals surface area contributed by atoms with Gasteiger partial charge in [0.25, 0.3) is 11.8 Å². The van der Waals surface area contributed by atoms with Crippen LogP contribution in [-0.2, 0) is 0 Å². The monoisotopic (exact) mass is 834 g/mol. The normalized spacial score (nSPS) is 19.3. The Morgan fingerprint density at radius 1 is 0.672 bits per heavy atom. The predicted octanol–water partition coefficient (Wildman–Crippen LogP) is 6.20. The van der Waals surface area contributed by atoms with Crippen LogP contribution >= 0.6 is 22.7 Å². The molecule has 0 saturated carbocycles. The Bertz CT molecular complexity index is 2260. The van der Waals surface area contributed by atoms with Crippen molar-refractivity contribution in [1.29, 1.82) is 0 Å². The number of hydrogen-bond donors (Lipinski definition) is 0. The van der Waals surface area contributed by atoms with E-state index in [2.05, 4.69) is 42.0 Å². The molecule has 2 aliphatic rings. The van der Waals surface area contributed by atoms with E-state index in [4.69, 9.17) is 14.2 Å². The van der Waals surface area contributed by atoms with E-state index in [0.717, 1.165) is 24.3 Å². The van der Waals surface area contributed by atoms with Crippen LogP contribution in [0.1, 0.15) is 60.2 Å². The van der Waals surface area contributed by atoms with Gasteiger partial charge >= 0.3 is 6.61 Å². The van der Waals surface area contributed by atoms with Crippen LogP contribution in [0, 0.1) is 0 Å². The van der Waals surface area contributed by atoms with Gasteiger partial charge in [-0.3, -0.25) is 9.59 Å². The Morgan fingerprint density at radius 3 is 1.57 bits per heavy atom. The van der Waals surface area contributed by atoms with E-state index in [9.17, 15) is 18.4 Å². The standard InChI is InChI=1S/C19H19F2N5O3S.C19H21N5O3S/c1-12-2-3-14(28-16-10-13(4-6-22-16)29-19(20)21)11-25(12)17(27)15-5-9-30-18(15)26-23-7-8-24-26;1-13-3-4-15(27-17-11-14(26-2)5-7-20-17)12-23(13)18(25)16-6-10-28-19(16)24-21-8-9-22-24/h4-10,12,14,19H,2-3,11H2,1H3;5-11,13,15H,3-4,12H2,1-2H3/t12-,14-;13-,15-/m11/s1. The fourth-order valence-corrected chi connectivity index (χ4v) is 8.26. The van der Waals surface area contributed by atoms with E-state index in [1.807, 2.05) is 28.7 Å². The second-order valence-electron chi connectivity index (χ2n) is 13.4. The van der Waals surface area contributed by atoms with Gasteiger partial charge in [-0.1, -0.05) is 0 Å². The maximum absolute atomic E-state index is 13.3. The first-order valence-electron chi connectivity index (χ1n) is 18.4. The molecule has 0 radical (unpaired) electrons. The highest BCUT2D eigenvalue weighted by molar-refractivity contribution is 7.13. The maximum atomic E-state index is 13.3. The van der Waals surface area contributed by atoms with Gasteiger partial charge in [0.1, 0.15) is 23.7 Å². The van der Waals surface area contributed by atoms with Gasteiger partial charge in [-0.2, -0.15) is 29.2 Å². The van der Waals surface area contributed by atoms with Gasteiger partial charge in [0.15, 0.2) is 10.0 Å². The summed E-state index contributed by atoms with van der Waals surface area (Å²) in [6, 6.07) is 9.91. The average molecular weight is 835 g/mol. The third-order valence-electron chi connectivity index (χ3n) is 9.60. The van der Waals surface area contributed by atoms with Crippen LogP contribution in [0.3, 0.4) is 0 Å². The van der Waals surface area contributed by atoms with Crippen LogP contribution in [0.15, 0.2) is 84.3 Å². The van der Waals surface area contributed by atoms with Crippen LogP contribution in [0.2, 0.25) is 0 Å². The Hall–Kier alpha value is -6.02. The van der Waals surface area contributed by atoms with Gasteiger partial charge < -0.3 is 28.7 Å². The van der Waals surface area contributed by atoms with Gasteiger partial charge in [-0.25, -0.2) is 9.97 Å². The van der Waals surface area contributed by atoms with Crippen LogP contribution < -0.4 is 18.9 Å². The summed E-state index contributed by atoms with van der Waals surface area (Å²) in [4.78, 5) is 41.3. The van der Waals surface area contributed by atoms with Crippen molar-refractivity contribution in [2.45, 2.75) is 70.4 Å². The van der Waals surface area contributed by atoms with Gasteiger partial charge in [0.05, 0.1) is 56.1 Å². The summed E-state index contributed by atoms with van der Waals surface area (Å²) in [5.41, 5.74) is 1.13. The molecule has 8 heterocycles. The SMILES string of the molecule is COc1ccnc(O[C@@H]2CC[C@@H](C)N(C(=O)c3ccsc3-n3nccn3)C2)c1.C[C@@H]1CC[C@@H](Oc2cc(OC(F)F)ccn2)CN1C(=O)c1ccsc1-n1nccn1. The zero-order valence-corrected chi connectivity index (χ0v) is 33.3. The lowest BCUT2D eigenvalue weighted by Gasteiger charge is -2.37. The minimum atomic E-state index is -2.92. The molecule has 304 valence electrons. The number of halogens is 2. The predicted molar refractivity (Wildman–Crippen MR) is 208 cm³/mol. The van der Waals surface area contributed by atoms with Crippen molar-refractivity contribution < 1.29 is 37.3 Å². The highest BCUT2D eigenvalue weighted by Gasteiger charge is 2.34. The van der Waals surface area contributed by atoms with Crippen LogP contribution in [-0.4, -0.2) is 113 Å². The quantitative estimate of drug-likeness (QED) is 0.145. The lowest BCUT2D eigenvalue weighted by Crippen LogP contribution is -2.49. The fourth-order valence-electron chi connectivity index (χ4n) is 6.65. The highest BCUT2D eigenvalue weighted by atomic mass is 32.1. The minimum Gasteiger partial charge on any atom is -0.497 e. The zero-order chi connectivity index (χ0) is 40.6. The summed E-state index contributed by atoms with van der Waals surface area (Å²) in [7, 11) is 1.61. The van der Waals surface area contributed by atoms with E-state index in [1.165, 1.54) is 50.6 Å². The molecule has 2 fully saturated rings. The number of thiophene rings is 2. The third kappa shape index (κ3) is 9.56. The molecule has 0 spiro atoms. The van der Waals surface area contributed by atoms with Crippen molar-refractivity contribution in [2.75, 3.05) is 20.2 Å². The molecule has 8 rings (SSSR count). The topological polar surface area (TPSA) is 165 Å². The fraction of sp³-hybridized carbons (Fsp3) is 0.368. The summed E-state index contributed by atoms with van der Waals surface area (Å²) in [5.74, 6) is 1.18. The first kappa shape index (κ1) is 40.2. The number of likely N-dealkylation sites (tertiary alicyclic amines) is 2. The molecule has 0 aromatic carbocycles. The molecule has 2 aliphatic heterocycles. The number of methoxy groups -OCH3 is 1. The Kier molecular flexibility index (Phi) is 12.8. The van der Waals surface area contributed by atoms with Gasteiger partial charge in [0.2, 0.25) is 11.8 Å². The summed E-state index contributed by atoms with van der Waals surface area (Å²) in [6.45, 7) is 1.98. The summed E-state index contributed by atoms with van der Waals surface area (Å²) in [6.07, 6.45) is 12.0. The number of carbonyl (C=O) groups is 2.